The van der Waals surface area contributed by atoms with E-state index < -0.39 is 11.9 Å². The molecule has 0 saturated carbocycles. The van der Waals surface area contributed by atoms with Crippen molar-refractivity contribution in [1.29, 1.82) is 5.26 Å². The Balaban J connectivity index is 1.54. The van der Waals surface area contributed by atoms with Crippen molar-refractivity contribution in [2.75, 3.05) is 19.8 Å². The summed E-state index contributed by atoms with van der Waals surface area (Å²) in [6, 6.07) is 16.6. The summed E-state index contributed by atoms with van der Waals surface area (Å²) in [5.74, 6) is -0.376. The van der Waals surface area contributed by atoms with Crippen LogP contribution in [0.25, 0.3) is 17.0 Å². The number of ether oxygens (including phenoxy) is 2. The maximum atomic E-state index is 12.4. The zero-order valence-corrected chi connectivity index (χ0v) is 17.2. The van der Waals surface area contributed by atoms with Gasteiger partial charge in [0.05, 0.1) is 6.61 Å². The Morgan fingerprint density at radius 3 is 2.68 bits per heavy atom. The van der Waals surface area contributed by atoms with E-state index in [9.17, 15) is 14.9 Å². The first-order chi connectivity index (χ1) is 15.1. The van der Waals surface area contributed by atoms with Gasteiger partial charge < -0.3 is 19.8 Å². The average Bonchev–Trinajstić information content (AvgIpc) is 3.20. The zero-order valence-electron chi connectivity index (χ0n) is 17.2. The minimum absolute atomic E-state index is 0.0131. The fourth-order valence-corrected chi connectivity index (χ4v) is 3.06. The second kappa shape index (κ2) is 10.6. The number of rotatable bonds is 9. The van der Waals surface area contributed by atoms with E-state index in [4.69, 9.17) is 9.47 Å². The molecule has 7 nitrogen and oxygen atoms in total. The predicted octanol–water partition coefficient (Wildman–Crippen LogP) is 3.38. The van der Waals surface area contributed by atoms with Gasteiger partial charge >= 0.3 is 5.97 Å². The summed E-state index contributed by atoms with van der Waals surface area (Å²) in [5, 5.41) is 13.3. The van der Waals surface area contributed by atoms with Crippen molar-refractivity contribution in [2.45, 2.75) is 13.3 Å². The SMILES string of the molecule is CCOC(=O)COc1ccc(/C=C(/C#N)C(=O)NCCc2c[nH]c3ccccc23)cc1. The molecule has 0 aliphatic carbocycles. The number of esters is 1. The second-order valence-electron chi connectivity index (χ2n) is 6.70. The van der Waals surface area contributed by atoms with Crippen molar-refractivity contribution in [3.63, 3.8) is 0 Å². The molecule has 3 aromatic rings. The lowest BCUT2D eigenvalue weighted by atomic mass is 10.1. The Bertz CT molecular complexity index is 1120. The van der Waals surface area contributed by atoms with Crippen molar-refractivity contribution in [2.24, 2.45) is 0 Å². The third kappa shape index (κ3) is 5.97. The maximum Gasteiger partial charge on any atom is 0.344 e. The van der Waals surface area contributed by atoms with E-state index in [2.05, 4.69) is 10.3 Å². The highest BCUT2D eigenvalue weighted by Crippen LogP contribution is 2.18. The summed E-state index contributed by atoms with van der Waals surface area (Å²) in [7, 11) is 0. The third-order valence-electron chi connectivity index (χ3n) is 4.57. The molecule has 0 bridgehead atoms. The van der Waals surface area contributed by atoms with Crippen LogP contribution in [0.5, 0.6) is 5.75 Å². The number of para-hydroxylation sites is 1. The van der Waals surface area contributed by atoms with Gasteiger partial charge in [0.2, 0.25) is 0 Å². The van der Waals surface area contributed by atoms with Crippen LogP contribution in [0.1, 0.15) is 18.1 Å². The highest BCUT2D eigenvalue weighted by molar-refractivity contribution is 6.01. The molecule has 31 heavy (non-hydrogen) atoms. The summed E-state index contributed by atoms with van der Waals surface area (Å²) < 4.78 is 10.1. The molecular formula is C24H23N3O4. The van der Waals surface area contributed by atoms with Gasteiger partial charge in [-0.25, -0.2) is 4.79 Å². The van der Waals surface area contributed by atoms with Crippen LogP contribution >= 0.6 is 0 Å². The van der Waals surface area contributed by atoms with Gasteiger partial charge in [-0.2, -0.15) is 5.26 Å². The second-order valence-corrected chi connectivity index (χ2v) is 6.70. The number of carbonyl (C=O) groups excluding carboxylic acids is 2. The van der Waals surface area contributed by atoms with Gasteiger partial charge in [0.1, 0.15) is 17.4 Å². The van der Waals surface area contributed by atoms with Crippen LogP contribution in [-0.4, -0.2) is 36.6 Å². The van der Waals surface area contributed by atoms with Crippen LogP contribution < -0.4 is 10.1 Å². The number of fused-ring (bicyclic) bond motifs is 1. The van der Waals surface area contributed by atoms with E-state index in [1.807, 2.05) is 36.5 Å². The molecule has 1 heterocycles. The molecule has 1 aromatic heterocycles. The molecule has 0 aliphatic heterocycles. The Morgan fingerprint density at radius 2 is 1.94 bits per heavy atom. The smallest absolute Gasteiger partial charge is 0.344 e. The molecule has 0 aliphatic rings. The number of aromatic amines is 1. The number of amides is 1. The quantitative estimate of drug-likeness (QED) is 0.316. The Morgan fingerprint density at radius 1 is 1.16 bits per heavy atom. The van der Waals surface area contributed by atoms with Crippen molar-refractivity contribution in [3.8, 4) is 11.8 Å². The standard InChI is InChI=1S/C24H23N3O4/c1-2-30-23(28)16-31-20-9-7-17(8-10-20)13-19(14-25)24(29)26-12-11-18-15-27-22-6-4-3-5-21(18)22/h3-10,13,15,27H,2,11-12,16H2,1H3,(H,26,29)/b19-13-. The van der Waals surface area contributed by atoms with E-state index in [1.165, 1.54) is 6.08 Å². The number of aromatic nitrogens is 1. The molecule has 2 N–H and O–H groups in total. The molecule has 0 atom stereocenters. The summed E-state index contributed by atoms with van der Waals surface area (Å²) in [6.45, 7) is 2.27. The van der Waals surface area contributed by atoms with E-state index in [0.29, 0.717) is 30.9 Å². The molecule has 1 amide bonds. The predicted molar refractivity (Wildman–Crippen MR) is 117 cm³/mol. The van der Waals surface area contributed by atoms with Gasteiger partial charge in [0, 0.05) is 23.6 Å². The Kier molecular flexibility index (Phi) is 7.44. The number of nitriles is 1. The number of hydrogen-bond acceptors (Lipinski definition) is 5. The molecule has 0 unspecified atom stereocenters. The molecule has 0 spiro atoms. The third-order valence-corrected chi connectivity index (χ3v) is 4.57. The summed E-state index contributed by atoms with van der Waals surface area (Å²) in [6.07, 6.45) is 4.10. The lowest BCUT2D eigenvalue weighted by Gasteiger charge is -2.06. The molecule has 0 saturated heterocycles. The lowest BCUT2D eigenvalue weighted by Crippen LogP contribution is -2.26. The molecule has 158 valence electrons. The molecule has 3 rings (SSSR count). The molecule has 0 fully saturated rings. The van der Waals surface area contributed by atoms with Crippen LogP contribution in [0.4, 0.5) is 0 Å². The fraction of sp³-hybridized carbons (Fsp3) is 0.208. The average molecular weight is 417 g/mol. The van der Waals surface area contributed by atoms with E-state index >= 15 is 0 Å². The first-order valence-electron chi connectivity index (χ1n) is 9.94. The largest absolute Gasteiger partial charge is 0.482 e. The van der Waals surface area contributed by atoms with E-state index in [-0.39, 0.29) is 12.2 Å². The van der Waals surface area contributed by atoms with Crippen molar-refractivity contribution in [1.82, 2.24) is 10.3 Å². The summed E-state index contributed by atoms with van der Waals surface area (Å²) >= 11 is 0. The van der Waals surface area contributed by atoms with Crippen molar-refractivity contribution in [3.05, 3.63) is 71.4 Å². The maximum absolute atomic E-state index is 12.4. The number of nitrogens with one attached hydrogen (secondary N) is 2. The number of carbonyl (C=O) groups is 2. The molecule has 2 aromatic carbocycles. The molecule has 0 radical (unpaired) electrons. The monoisotopic (exact) mass is 417 g/mol. The molecule has 7 heteroatoms. The van der Waals surface area contributed by atoms with Crippen molar-refractivity contribution < 1.29 is 19.1 Å². The van der Waals surface area contributed by atoms with Gasteiger partial charge in [-0.15, -0.1) is 0 Å². The number of H-pyrrole nitrogens is 1. The minimum Gasteiger partial charge on any atom is -0.482 e. The number of hydrogen-bond donors (Lipinski definition) is 2. The van der Waals surface area contributed by atoms with E-state index in [0.717, 1.165) is 16.5 Å². The van der Waals surface area contributed by atoms with Gasteiger partial charge in [0.25, 0.3) is 5.91 Å². The van der Waals surface area contributed by atoms with Crippen LogP contribution in [0.3, 0.4) is 0 Å². The number of nitrogens with zero attached hydrogens (tertiary/aromatic N) is 1. The van der Waals surface area contributed by atoms with Crippen LogP contribution in [0, 0.1) is 11.3 Å². The normalized spacial score (nSPS) is 11.0. The van der Waals surface area contributed by atoms with Crippen LogP contribution in [0.15, 0.2) is 60.3 Å². The number of benzene rings is 2. The minimum atomic E-state index is -0.442. The first kappa shape index (κ1) is 21.7. The van der Waals surface area contributed by atoms with Gasteiger partial charge in [-0.3, -0.25) is 4.79 Å². The van der Waals surface area contributed by atoms with Gasteiger partial charge in [-0.05, 0) is 48.7 Å². The van der Waals surface area contributed by atoms with Crippen LogP contribution in [0.2, 0.25) is 0 Å². The summed E-state index contributed by atoms with van der Waals surface area (Å²) in [4.78, 5) is 26.9. The first-order valence-corrected chi connectivity index (χ1v) is 9.94. The lowest BCUT2D eigenvalue weighted by molar-refractivity contribution is -0.145. The Labute approximate surface area is 180 Å². The Hall–Kier alpha value is -4.05. The van der Waals surface area contributed by atoms with Gasteiger partial charge in [0.15, 0.2) is 6.61 Å². The fourth-order valence-electron chi connectivity index (χ4n) is 3.06. The highest BCUT2D eigenvalue weighted by atomic mass is 16.6. The highest BCUT2D eigenvalue weighted by Gasteiger charge is 2.10. The van der Waals surface area contributed by atoms with Gasteiger partial charge in [-0.1, -0.05) is 30.3 Å². The van der Waals surface area contributed by atoms with Crippen molar-refractivity contribution >= 4 is 28.9 Å². The van der Waals surface area contributed by atoms with E-state index in [1.54, 1.807) is 31.2 Å². The van der Waals surface area contributed by atoms with Crippen LogP contribution in [-0.2, 0) is 20.7 Å². The summed E-state index contributed by atoms with van der Waals surface area (Å²) in [5.41, 5.74) is 2.85. The molecular weight excluding hydrogens is 394 g/mol. The zero-order chi connectivity index (χ0) is 22.1. The topological polar surface area (TPSA) is 104 Å².